The molecule has 84 valence electrons. The third-order valence-electron chi connectivity index (χ3n) is 1.90. The monoisotopic (exact) mass is 238 g/mol. The molecular formula is C11H11ClN2O2. The Balaban J connectivity index is 2.97. The summed E-state index contributed by atoms with van der Waals surface area (Å²) in [5.74, 6) is -0.269. The number of carbonyl (C=O) groups is 1. The van der Waals surface area contributed by atoms with Crippen LogP contribution in [-0.2, 0) is 4.79 Å². The number of nitrogens with zero attached hydrogens (tertiary/aromatic N) is 1. The number of amides is 1. The van der Waals surface area contributed by atoms with Crippen LogP contribution >= 0.6 is 11.6 Å². The van der Waals surface area contributed by atoms with E-state index in [1.54, 1.807) is 6.07 Å². The third-order valence-corrected chi connectivity index (χ3v) is 2.23. The van der Waals surface area contributed by atoms with Crippen LogP contribution in [0.25, 0.3) is 0 Å². The van der Waals surface area contributed by atoms with Gasteiger partial charge in [0.2, 0.25) is 6.08 Å². The Morgan fingerprint density at radius 3 is 2.94 bits per heavy atom. The molecule has 1 amide bonds. The van der Waals surface area contributed by atoms with E-state index in [0.29, 0.717) is 22.8 Å². The molecule has 0 radical (unpaired) electrons. The first-order chi connectivity index (χ1) is 7.69. The van der Waals surface area contributed by atoms with Crippen molar-refractivity contribution < 1.29 is 9.59 Å². The van der Waals surface area contributed by atoms with E-state index in [9.17, 15) is 9.59 Å². The highest BCUT2D eigenvalue weighted by Crippen LogP contribution is 2.22. The van der Waals surface area contributed by atoms with Gasteiger partial charge < -0.3 is 5.32 Å². The Kier molecular flexibility index (Phi) is 4.70. The molecule has 1 aromatic carbocycles. The van der Waals surface area contributed by atoms with E-state index < -0.39 is 0 Å². The maximum atomic E-state index is 11.6. The first kappa shape index (κ1) is 12.4. The second-order valence-electron chi connectivity index (χ2n) is 3.12. The molecule has 0 unspecified atom stereocenters. The van der Waals surface area contributed by atoms with Crippen molar-refractivity contribution in [2.45, 2.75) is 13.3 Å². The zero-order chi connectivity index (χ0) is 12.0. The van der Waals surface area contributed by atoms with E-state index in [0.717, 1.165) is 6.42 Å². The van der Waals surface area contributed by atoms with Crippen molar-refractivity contribution in [1.82, 2.24) is 5.32 Å². The summed E-state index contributed by atoms with van der Waals surface area (Å²) < 4.78 is 0. The summed E-state index contributed by atoms with van der Waals surface area (Å²) in [6.07, 6.45) is 2.26. The zero-order valence-corrected chi connectivity index (χ0v) is 9.54. The highest BCUT2D eigenvalue weighted by atomic mass is 35.5. The summed E-state index contributed by atoms with van der Waals surface area (Å²) in [5.41, 5.74) is 0.674. The lowest BCUT2D eigenvalue weighted by Crippen LogP contribution is -2.24. The summed E-state index contributed by atoms with van der Waals surface area (Å²) in [6, 6.07) is 4.53. The van der Waals surface area contributed by atoms with Crippen LogP contribution in [0.3, 0.4) is 0 Å². The Labute approximate surface area is 98.3 Å². The van der Waals surface area contributed by atoms with Crippen molar-refractivity contribution >= 4 is 29.3 Å². The van der Waals surface area contributed by atoms with Crippen LogP contribution in [-0.4, -0.2) is 18.5 Å². The fourth-order valence-corrected chi connectivity index (χ4v) is 1.35. The SMILES string of the molecule is CCCNC(=O)c1cc(N=C=O)ccc1Cl. The lowest BCUT2D eigenvalue weighted by Gasteiger charge is -2.05. The number of carbonyl (C=O) groups excluding carboxylic acids is 2. The Morgan fingerprint density at radius 1 is 1.56 bits per heavy atom. The van der Waals surface area contributed by atoms with Gasteiger partial charge in [-0.25, -0.2) is 4.79 Å². The summed E-state index contributed by atoms with van der Waals surface area (Å²) in [5, 5.41) is 3.03. The summed E-state index contributed by atoms with van der Waals surface area (Å²) >= 11 is 5.87. The number of hydrogen-bond donors (Lipinski definition) is 1. The van der Waals surface area contributed by atoms with Gasteiger partial charge in [0.05, 0.1) is 16.3 Å². The quantitative estimate of drug-likeness (QED) is 0.647. The van der Waals surface area contributed by atoms with Gasteiger partial charge in [-0.2, -0.15) is 4.99 Å². The van der Waals surface area contributed by atoms with Gasteiger partial charge in [0.15, 0.2) is 0 Å². The molecule has 0 bridgehead atoms. The number of aliphatic imine (C=N–C) groups is 1. The van der Waals surface area contributed by atoms with Gasteiger partial charge in [0.1, 0.15) is 0 Å². The van der Waals surface area contributed by atoms with Crippen molar-refractivity contribution in [2.24, 2.45) is 4.99 Å². The maximum absolute atomic E-state index is 11.6. The van der Waals surface area contributed by atoms with Crippen LogP contribution < -0.4 is 5.32 Å². The maximum Gasteiger partial charge on any atom is 0.252 e. The molecule has 1 N–H and O–H groups in total. The van der Waals surface area contributed by atoms with Gasteiger partial charge in [-0.15, -0.1) is 0 Å². The summed E-state index contributed by atoms with van der Waals surface area (Å²) in [4.78, 5) is 25.2. The third kappa shape index (κ3) is 3.19. The first-order valence-corrected chi connectivity index (χ1v) is 5.22. The molecule has 0 spiro atoms. The number of nitrogens with one attached hydrogen (secondary N) is 1. The van der Waals surface area contributed by atoms with Gasteiger partial charge in [-0.3, -0.25) is 4.79 Å². The summed E-state index contributed by atoms with van der Waals surface area (Å²) in [6.45, 7) is 2.53. The molecule has 0 fully saturated rings. The predicted molar refractivity (Wildman–Crippen MR) is 61.9 cm³/mol. The molecule has 1 aromatic rings. The van der Waals surface area contributed by atoms with E-state index in [1.807, 2.05) is 6.92 Å². The van der Waals surface area contributed by atoms with Crippen LogP contribution in [0.1, 0.15) is 23.7 Å². The van der Waals surface area contributed by atoms with Gasteiger partial charge in [0.25, 0.3) is 5.91 Å². The van der Waals surface area contributed by atoms with Crippen molar-refractivity contribution in [1.29, 1.82) is 0 Å². The Morgan fingerprint density at radius 2 is 2.31 bits per heavy atom. The molecule has 4 nitrogen and oxygen atoms in total. The normalized spacial score (nSPS) is 9.38. The van der Waals surface area contributed by atoms with Crippen molar-refractivity contribution in [3.8, 4) is 0 Å². The van der Waals surface area contributed by atoms with Gasteiger partial charge in [0, 0.05) is 6.54 Å². The highest BCUT2D eigenvalue weighted by Gasteiger charge is 2.10. The molecule has 0 aliphatic rings. The largest absolute Gasteiger partial charge is 0.352 e. The van der Waals surface area contributed by atoms with Crippen LogP contribution in [0.15, 0.2) is 23.2 Å². The summed E-state index contributed by atoms with van der Waals surface area (Å²) in [7, 11) is 0. The fourth-order valence-electron chi connectivity index (χ4n) is 1.14. The molecule has 0 atom stereocenters. The van der Waals surface area contributed by atoms with E-state index in [-0.39, 0.29) is 5.91 Å². The molecule has 0 saturated heterocycles. The molecule has 0 saturated carbocycles. The molecule has 16 heavy (non-hydrogen) atoms. The molecule has 5 heteroatoms. The zero-order valence-electron chi connectivity index (χ0n) is 8.79. The van der Waals surface area contributed by atoms with Crippen molar-refractivity contribution in [3.63, 3.8) is 0 Å². The van der Waals surface area contributed by atoms with Crippen LogP contribution in [0.4, 0.5) is 5.69 Å². The molecule has 0 aliphatic heterocycles. The number of rotatable bonds is 4. The Bertz CT molecular complexity index is 440. The average Bonchev–Trinajstić information content (AvgIpc) is 2.29. The number of isocyanates is 1. The second kappa shape index (κ2) is 6.05. The molecular weight excluding hydrogens is 228 g/mol. The number of benzene rings is 1. The van der Waals surface area contributed by atoms with E-state index in [1.165, 1.54) is 18.2 Å². The van der Waals surface area contributed by atoms with Crippen LogP contribution in [0.5, 0.6) is 0 Å². The minimum Gasteiger partial charge on any atom is -0.352 e. The first-order valence-electron chi connectivity index (χ1n) is 4.84. The van der Waals surface area contributed by atoms with Crippen molar-refractivity contribution in [2.75, 3.05) is 6.54 Å². The predicted octanol–water partition coefficient (Wildman–Crippen LogP) is 2.45. The van der Waals surface area contributed by atoms with Crippen molar-refractivity contribution in [3.05, 3.63) is 28.8 Å². The number of hydrogen-bond acceptors (Lipinski definition) is 3. The second-order valence-corrected chi connectivity index (χ2v) is 3.53. The minimum absolute atomic E-state index is 0.269. The average molecular weight is 239 g/mol. The van der Waals surface area contributed by atoms with Gasteiger partial charge in [-0.1, -0.05) is 18.5 Å². The smallest absolute Gasteiger partial charge is 0.252 e. The van der Waals surface area contributed by atoms with Gasteiger partial charge in [-0.05, 0) is 24.6 Å². The molecule has 0 aromatic heterocycles. The fraction of sp³-hybridized carbons (Fsp3) is 0.273. The van der Waals surface area contributed by atoms with E-state index in [2.05, 4.69) is 10.3 Å². The molecule has 0 heterocycles. The standard InChI is InChI=1S/C11H11ClN2O2/c1-2-5-13-11(16)9-6-8(14-7-15)3-4-10(9)12/h3-4,6H,2,5H2,1H3,(H,13,16). The van der Waals surface area contributed by atoms with E-state index >= 15 is 0 Å². The Hall–Kier alpha value is -1.64. The minimum atomic E-state index is -0.269. The molecule has 1 rings (SSSR count). The van der Waals surface area contributed by atoms with Crippen LogP contribution in [0.2, 0.25) is 5.02 Å². The van der Waals surface area contributed by atoms with E-state index in [4.69, 9.17) is 11.6 Å². The van der Waals surface area contributed by atoms with Gasteiger partial charge >= 0.3 is 0 Å². The van der Waals surface area contributed by atoms with Crippen LogP contribution in [0, 0.1) is 0 Å². The topological polar surface area (TPSA) is 58.5 Å². The lowest BCUT2D eigenvalue weighted by atomic mass is 10.2. The number of halogens is 1. The lowest BCUT2D eigenvalue weighted by molar-refractivity contribution is 0.0954. The molecule has 0 aliphatic carbocycles. The highest BCUT2D eigenvalue weighted by molar-refractivity contribution is 6.34.